The number of ether oxygens (including phenoxy) is 2. The fourth-order valence-corrected chi connectivity index (χ4v) is 2.43. The van der Waals surface area contributed by atoms with Crippen molar-refractivity contribution in [3.05, 3.63) is 58.9 Å². The first-order chi connectivity index (χ1) is 14.7. The third-order valence-corrected chi connectivity index (χ3v) is 4.04. The van der Waals surface area contributed by atoms with Crippen LogP contribution in [0.25, 0.3) is 0 Å². The fraction of sp³-hybridized carbons (Fsp3) is 0.200. The summed E-state index contributed by atoms with van der Waals surface area (Å²) in [6.07, 6.45) is 4.82. The van der Waals surface area contributed by atoms with Crippen molar-refractivity contribution < 1.29 is 41.0 Å². The lowest BCUT2D eigenvalue weighted by atomic mass is 10.1. The van der Waals surface area contributed by atoms with Crippen LogP contribution in [-0.2, 0) is 16.0 Å². The molecule has 1 atom stereocenters. The van der Waals surface area contributed by atoms with Gasteiger partial charge in [-0.25, -0.2) is 18.0 Å². The molecule has 2 aromatic carbocycles. The van der Waals surface area contributed by atoms with E-state index in [0.717, 1.165) is 0 Å². The van der Waals surface area contributed by atoms with Crippen molar-refractivity contribution in [2.75, 3.05) is 12.5 Å². The van der Waals surface area contributed by atoms with E-state index >= 15 is 0 Å². The van der Waals surface area contributed by atoms with Crippen molar-refractivity contribution in [2.45, 2.75) is 12.5 Å². The molecule has 0 unspecified atom stereocenters. The van der Waals surface area contributed by atoms with Gasteiger partial charge < -0.3 is 14.8 Å². The number of esters is 1. The molecule has 0 heterocycles. The van der Waals surface area contributed by atoms with Crippen LogP contribution in [0, 0.1) is 41.4 Å². The molecule has 2 rings (SSSR count). The molecule has 11 heteroatoms. The zero-order valence-electron chi connectivity index (χ0n) is 15.5. The number of amides is 1. The lowest BCUT2D eigenvalue weighted by molar-refractivity contribution is -0.139. The van der Waals surface area contributed by atoms with Crippen LogP contribution in [0.5, 0.6) is 11.5 Å². The Morgan fingerprint density at radius 1 is 1.00 bits per heavy atom. The second kappa shape index (κ2) is 10.6. The summed E-state index contributed by atoms with van der Waals surface area (Å²) >= 11 is 5.38. The van der Waals surface area contributed by atoms with E-state index in [9.17, 15) is 31.5 Å². The lowest BCUT2D eigenvalue weighted by Crippen LogP contribution is -2.45. The summed E-state index contributed by atoms with van der Waals surface area (Å²) in [7, 11) is 0. The van der Waals surface area contributed by atoms with Gasteiger partial charge in [-0.2, -0.15) is 8.78 Å². The monoisotopic (exact) mass is 461 g/mol. The maximum absolute atomic E-state index is 13.8. The Labute approximate surface area is 178 Å². The minimum absolute atomic E-state index is 0.0159. The van der Waals surface area contributed by atoms with Gasteiger partial charge in [0.05, 0.1) is 0 Å². The van der Waals surface area contributed by atoms with Gasteiger partial charge in [0.25, 0.3) is 0 Å². The third kappa shape index (κ3) is 5.86. The number of carbonyl (C=O) groups excluding carboxylic acids is 2. The number of nitrogens with one attached hydrogen (secondary N) is 1. The minimum atomic E-state index is -2.41. The molecule has 0 aliphatic heterocycles. The maximum Gasteiger partial charge on any atom is 0.334 e. The Bertz CT molecular complexity index is 995. The highest BCUT2D eigenvalue weighted by atomic mass is 35.5. The Morgan fingerprint density at radius 3 is 2.06 bits per heavy atom. The van der Waals surface area contributed by atoms with Crippen LogP contribution >= 0.6 is 11.6 Å². The van der Waals surface area contributed by atoms with Crippen LogP contribution in [-0.4, -0.2) is 30.4 Å². The largest absolute Gasteiger partial charge is 0.481 e. The predicted octanol–water partition coefficient (Wildman–Crippen LogP) is 3.27. The van der Waals surface area contributed by atoms with E-state index < -0.39 is 58.6 Å². The van der Waals surface area contributed by atoms with Crippen molar-refractivity contribution >= 4 is 23.5 Å². The van der Waals surface area contributed by atoms with E-state index in [0.29, 0.717) is 11.3 Å². The van der Waals surface area contributed by atoms with Crippen LogP contribution in [0.2, 0.25) is 0 Å². The molecule has 0 radical (unpaired) electrons. The average Bonchev–Trinajstić information content (AvgIpc) is 2.77. The molecule has 0 spiro atoms. The molecule has 0 aliphatic rings. The lowest BCUT2D eigenvalue weighted by Gasteiger charge is -2.18. The molecule has 1 N–H and O–H groups in total. The normalized spacial score (nSPS) is 11.4. The highest BCUT2D eigenvalue weighted by Crippen LogP contribution is 2.29. The first-order valence-electron chi connectivity index (χ1n) is 8.43. The second-order valence-corrected chi connectivity index (χ2v) is 6.18. The van der Waals surface area contributed by atoms with E-state index in [1.54, 1.807) is 0 Å². The smallest absolute Gasteiger partial charge is 0.334 e. The molecule has 31 heavy (non-hydrogen) atoms. The summed E-state index contributed by atoms with van der Waals surface area (Å²) in [4.78, 5) is 24.0. The average molecular weight is 462 g/mol. The van der Waals surface area contributed by atoms with E-state index in [1.807, 2.05) is 0 Å². The van der Waals surface area contributed by atoms with Gasteiger partial charge in [-0.1, -0.05) is 18.1 Å². The number of alkyl halides is 1. The molecule has 1 amide bonds. The molecule has 0 saturated heterocycles. The SMILES string of the molecule is C#CCOc1ccc(C[C@H](NC(=O)CCl)C(=O)Oc2c(F)c(F)c(F)c(F)c2F)cc1. The van der Waals surface area contributed by atoms with Gasteiger partial charge in [-0.05, 0) is 17.7 Å². The first-order valence-corrected chi connectivity index (χ1v) is 8.96. The molecule has 0 fully saturated rings. The quantitative estimate of drug-likeness (QED) is 0.125. The van der Waals surface area contributed by atoms with Gasteiger partial charge >= 0.3 is 5.97 Å². The summed E-state index contributed by atoms with van der Waals surface area (Å²) < 4.78 is 77.0. The number of carbonyl (C=O) groups is 2. The Balaban J connectivity index is 2.27. The maximum atomic E-state index is 13.8. The molecule has 0 bridgehead atoms. The van der Waals surface area contributed by atoms with E-state index in [4.69, 9.17) is 22.8 Å². The highest BCUT2D eigenvalue weighted by Gasteiger charge is 2.31. The van der Waals surface area contributed by atoms with Crippen molar-refractivity contribution in [1.82, 2.24) is 5.32 Å². The zero-order valence-corrected chi connectivity index (χ0v) is 16.2. The molecular formula is C20H13ClF5NO4. The molecule has 5 nitrogen and oxygen atoms in total. The Kier molecular flexibility index (Phi) is 8.22. The van der Waals surface area contributed by atoms with Crippen molar-refractivity contribution in [3.63, 3.8) is 0 Å². The highest BCUT2D eigenvalue weighted by molar-refractivity contribution is 6.27. The van der Waals surface area contributed by atoms with Crippen LogP contribution in [0.1, 0.15) is 5.56 Å². The number of benzene rings is 2. The van der Waals surface area contributed by atoms with E-state index in [2.05, 4.69) is 16.0 Å². The van der Waals surface area contributed by atoms with Crippen molar-refractivity contribution in [1.29, 1.82) is 0 Å². The summed E-state index contributed by atoms with van der Waals surface area (Å²) in [6, 6.07) is 4.44. The third-order valence-electron chi connectivity index (χ3n) is 3.80. The molecule has 2 aromatic rings. The Morgan fingerprint density at radius 2 is 1.55 bits per heavy atom. The molecular weight excluding hydrogens is 449 g/mol. The van der Waals surface area contributed by atoms with Gasteiger partial charge in [0, 0.05) is 6.42 Å². The number of rotatable bonds is 8. The minimum Gasteiger partial charge on any atom is -0.481 e. The standard InChI is InChI=1S/C20H13ClF5NO4/c1-2-7-30-11-5-3-10(4-6-11)8-12(27-13(28)9-21)20(29)31-19-17(25)15(23)14(22)16(24)18(19)26/h1,3-6,12H,7-9H2,(H,27,28)/t12-/m0/s1. The molecule has 0 aliphatic carbocycles. The Hall–Kier alpha value is -3.32. The van der Waals surface area contributed by atoms with E-state index in [-0.39, 0.29) is 13.0 Å². The van der Waals surface area contributed by atoms with Crippen molar-refractivity contribution in [2.24, 2.45) is 0 Å². The molecule has 164 valence electrons. The number of terminal acetylenes is 1. The van der Waals surface area contributed by atoms with Gasteiger partial charge in [0.1, 0.15) is 24.3 Å². The number of hydrogen-bond donors (Lipinski definition) is 1. The summed E-state index contributed by atoms with van der Waals surface area (Å²) in [5, 5.41) is 2.15. The van der Waals surface area contributed by atoms with Crippen LogP contribution in [0.4, 0.5) is 22.0 Å². The fourth-order valence-electron chi connectivity index (χ4n) is 2.35. The van der Waals surface area contributed by atoms with Crippen LogP contribution in [0.3, 0.4) is 0 Å². The van der Waals surface area contributed by atoms with Gasteiger partial charge in [-0.3, -0.25) is 4.79 Å². The van der Waals surface area contributed by atoms with Gasteiger partial charge in [-0.15, -0.1) is 18.0 Å². The zero-order chi connectivity index (χ0) is 23.1. The number of halogens is 6. The predicted molar refractivity (Wildman–Crippen MR) is 99.0 cm³/mol. The van der Waals surface area contributed by atoms with Gasteiger partial charge in [0.15, 0.2) is 0 Å². The first kappa shape index (κ1) is 24.0. The van der Waals surface area contributed by atoms with Crippen LogP contribution < -0.4 is 14.8 Å². The summed E-state index contributed by atoms with van der Waals surface area (Å²) in [6.45, 7) is 0.0159. The topological polar surface area (TPSA) is 64.6 Å². The van der Waals surface area contributed by atoms with Crippen molar-refractivity contribution in [3.8, 4) is 23.8 Å². The number of hydrogen-bond acceptors (Lipinski definition) is 4. The van der Waals surface area contributed by atoms with E-state index in [1.165, 1.54) is 24.3 Å². The summed E-state index contributed by atoms with van der Waals surface area (Å²) in [5.41, 5.74) is 0.433. The second-order valence-electron chi connectivity index (χ2n) is 5.91. The molecule has 0 aromatic heterocycles. The molecule has 0 saturated carbocycles. The summed E-state index contributed by atoms with van der Waals surface area (Å²) in [5.74, 6) is -13.6. The van der Waals surface area contributed by atoms with Crippen LogP contribution in [0.15, 0.2) is 24.3 Å². The van der Waals surface area contributed by atoms with Gasteiger partial charge in [0.2, 0.25) is 40.7 Å².